The van der Waals surface area contributed by atoms with E-state index in [-0.39, 0.29) is 6.42 Å². The summed E-state index contributed by atoms with van der Waals surface area (Å²) in [5, 5.41) is 9.00. The minimum absolute atomic E-state index is 0.163. The van der Waals surface area contributed by atoms with Gasteiger partial charge in [-0.3, -0.25) is 4.79 Å². The number of carboxylic acids is 1. The van der Waals surface area contributed by atoms with E-state index >= 15 is 0 Å². The van der Waals surface area contributed by atoms with Crippen molar-refractivity contribution in [3.8, 4) is 16.9 Å². The lowest BCUT2D eigenvalue weighted by Crippen LogP contribution is -2.14. The van der Waals surface area contributed by atoms with Crippen molar-refractivity contribution in [2.75, 3.05) is 0 Å². The van der Waals surface area contributed by atoms with Crippen LogP contribution in [0.15, 0.2) is 60.7 Å². The zero-order valence-electron chi connectivity index (χ0n) is 15.7. The Balaban J connectivity index is 1.83. The van der Waals surface area contributed by atoms with Gasteiger partial charge in [0.25, 0.3) is 0 Å². The van der Waals surface area contributed by atoms with E-state index in [1.807, 2.05) is 18.2 Å². The predicted octanol–water partition coefficient (Wildman–Crippen LogP) is 5.29. The molecule has 27 heavy (non-hydrogen) atoms. The fourth-order valence-corrected chi connectivity index (χ4v) is 4.09. The maximum Gasteiger partial charge on any atom is 0.303 e. The molecule has 2 aromatic carbocycles. The zero-order chi connectivity index (χ0) is 18.8. The number of fused-ring (bicyclic) bond motifs is 1. The summed E-state index contributed by atoms with van der Waals surface area (Å²) in [6.07, 6.45) is 4.17. The molecule has 3 heteroatoms. The second-order valence-corrected chi connectivity index (χ2v) is 7.61. The quantitative estimate of drug-likeness (QED) is 0.673. The molecule has 0 unspecified atom stereocenters. The van der Waals surface area contributed by atoms with Crippen molar-refractivity contribution in [2.45, 2.75) is 39.0 Å². The predicted molar refractivity (Wildman–Crippen MR) is 108 cm³/mol. The third-order valence-electron chi connectivity index (χ3n) is 5.51. The maximum absolute atomic E-state index is 10.9. The average Bonchev–Trinajstić information content (AvgIpc) is 3.06. The van der Waals surface area contributed by atoms with Gasteiger partial charge in [-0.2, -0.15) is 0 Å². The van der Waals surface area contributed by atoms with Gasteiger partial charge in [0.1, 0.15) is 0 Å². The summed E-state index contributed by atoms with van der Waals surface area (Å²) in [6.45, 7) is 2.33. The number of hydrogen-bond donors (Lipinski definition) is 1. The first-order valence-corrected chi connectivity index (χ1v) is 9.72. The highest BCUT2D eigenvalue weighted by Gasteiger charge is 2.23. The highest BCUT2D eigenvalue weighted by Crippen LogP contribution is 2.35. The normalized spacial score (nSPS) is 16.1. The third kappa shape index (κ3) is 3.68. The van der Waals surface area contributed by atoms with E-state index in [2.05, 4.69) is 54.0 Å². The van der Waals surface area contributed by atoms with Gasteiger partial charge < -0.3 is 9.67 Å². The average molecular weight is 359 g/mol. The first kappa shape index (κ1) is 17.6. The second kappa shape index (κ2) is 7.43. The SMILES string of the molecule is C[C@@H]1CCc2cc(-c3ccccc3)n(-c3cccc(CCC(=O)O)c3)c2C1. The first-order valence-electron chi connectivity index (χ1n) is 9.72. The van der Waals surface area contributed by atoms with Gasteiger partial charge >= 0.3 is 5.97 Å². The standard InChI is InChI=1S/C24H25NO2/c1-17-10-12-20-16-23(19-7-3-2-4-8-19)25(22(20)14-17)21-9-5-6-18(15-21)11-13-24(26)27/h2-9,15-17H,10-14H2,1H3,(H,26,27)/t17-/m1/s1. The van der Waals surface area contributed by atoms with Crippen molar-refractivity contribution >= 4 is 5.97 Å². The summed E-state index contributed by atoms with van der Waals surface area (Å²) in [6, 6.07) is 21.2. The largest absolute Gasteiger partial charge is 0.481 e. The number of aryl methyl sites for hydroxylation is 2. The lowest BCUT2D eigenvalue weighted by Gasteiger charge is -2.22. The van der Waals surface area contributed by atoms with Crippen molar-refractivity contribution in [1.82, 2.24) is 4.57 Å². The minimum atomic E-state index is -0.752. The van der Waals surface area contributed by atoms with Crippen LogP contribution in [0.2, 0.25) is 0 Å². The van der Waals surface area contributed by atoms with Gasteiger partial charge in [0.15, 0.2) is 0 Å². The molecule has 0 saturated carbocycles. The summed E-state index contributed by atoms with van der Waals surface area (Å²) >= 11 is 0. The Labute approximate surface area is 160 Å². The van der Waals surface area contributed by atoms with Gasteiger partial charge in [0.05, 0.1) is 5.69 Å². The van der Waals surface area contributed by atoms with Crippen molar-refractivity contribution < 1.29 is 9.90 Å². The van der Waals surface area contributed by atoms with E-state index < -0.39 is 5.97 Å². The van der Waals surface area contributed by atoms with E-state index in [1.165, 1.54) is 28.9 Å². The Morgan fingerprint density at radius 1 is 1.11 bits per heavy atom. The number of aliphatic carboxylic acids is 1. The molecule has 1 N–H and O–H groups in total. The molecule has 1 aliphatic rings. The molecule has 4 rings (SSSR count). The van der Waals surface area contributed by atoms with Crippen LogP contribution in [0.3, 0.4) is 0 Å². The molecular weight excluding hydrogens is 334 g/mol. The summed E-state index contributed by atoms with van der Waals surface area (Å²) in [5.74, 6) is -0.0671. The van der Waals surface area contributed by atoms with E-state index in [0.29, 0.717) is 12.3 Å². The molecule has 0 amide bonds. The highest BCUT2D eigenvalue weighted by atomic mass is 16.4. The van der Waals surface area contributed by atoms with E-state index in [1.54, 1.807) is 0 Å². The summed E-state index contributed by atoms with van der Waals surface area (Å²) in [5.41, 5.74) is 7.50. The van der Waals surface area contributed by atoms with Crippen molar-refractivity contribution in [1.29, 1.82) is 0 Å². The molecule has 0 spiro atoms. The Bertz CT molecular complexity index is 956. The van der Waals surface area contributed by atoms with E-state index in [9.17, 15) is 4.79 Å². The van der Waals surface area contributed by atoms with Crippen LogP contribution in [0.25, 0.3) is 16.9 Å². The molecule has 1 aromatic heterocycles. The second-order valence-electron chi connectivity index (χ2n) is 7.61. The zero-order valence-corrected chi connectivity index (χ0v) is 15.7. The van der Waals surface area contributed by atoms with Crippen LogP contribution in [0.5, 0.6) is 0 Å². The summed E-state index contributed by atoms with van der Waals surface area (Å²) in [7, 11) is 0. The van der Waals surface area contributed by atoms with Gasteiger partial charge in [-0.15, -0.1) is 0 Å². The molecular formula is C24H25NO2. The molecule has 0 fully saturated rings. The minimum Gasteiger partial charge on any atom is -0.481 e. The number of benzene rings is 2. The van der Waals surface area contributed by atoms with E-state index in [0.717, 1.165) is 24.1 Å². The smallest absolute Gasteiger partial charge is 0.303 e. The molecule has 0 saturated heterocycles. The van der Waals surface area contributed by atoms with E-state index in [4.69, 9.17) is 5.11 Å². The lowest BCUT2D eigenvalue weighted by molar-refractivity contribution is -0.136. The topological polar surface area (TPSA) is 42.2 Å². The molecule has 138 valence electrons. The van der Waals surface area contributed by atoms with Gasteiger partial charge in [0.2, 0.25) is 0 Å². The monoisotopic (exact) mass is 359 g/mol. The van der Waals surface area contributed by atoms with Crippen LogP contribution in [0.4, 0.5) is 0 Å². The molecule has 0 radical (unpaired) electrons. The molecule has 0 bridgehead atoms. The third-order valence-corrected chi connectivity index (χ3v) is 5.51. The number of hydrogen-bond acceptors (Lipinski definition) is 1. The van der Waals surface area contributed by atoms with Crippen LogP contribution in [-0.4, -0.2) is 15.6 Å². The van der Waals surface area contributed by atoms with Crippen molar-refractivity contribution in [3.05, 3.63) is 77.5 Å². The van der Waals surface area contributed by atoms with Gasteiger partial charge in [-0.05, 0) is 66.5 Å². The van der Waals surface area contributed by atoms with Crippen molar-refractivity contribution in [3.63, 3.8) is 0 Å². The van der Waals surface area contributed by atoms with Crippen LogP contribution >= 0.6 is 0 Å². The van der Waals surface area contributed by atoms with Gasteiger partial charge in [-0.1, -0.05) is 49.4 Å². The number of rotatable bonds is 5. The molecule has 3 nitrogen and oxygen atoms in total. The molecule has 1 aliphatic carbocycles. The summed E-state index contributed by atoms with van der Waals surface area (Å²) in [4.78, 5) is 10.9. The number of nitrogens with zero attached hydrogens (tertiary/aromatic N) is 1. The fourth-order valence-electron chi connectivity index (χ4n) is 4.09. The van der Waals surface area contributed by atoms with Gasteiger partial charge in [0, 0.05) is 17.8 Å². The molecule has 3 aromatic rings. The van der Waals surface area contributed by atoms with Crippen LogP contribution in [0, 0.1) is 5.92 Å². The highest BCUT2D eigenvalue weighted by molar-refractivity contribution is 5.68. The fraction of sp³-hybridized carbons (Fsp3) is 0.292. The lowest BCUT2D eigenvalue weighted by atomic mass is 9.89. The van der Waals surface area contributed by atoms with Crippen molar-refractivity contribution in [2.24, 2.45) is 5.92 Å². The summed E-state index contributed by atoms with van der Waals surface area (Å²) < 4.78 is 2.39. The number of aromatic nitrogens is 1. The Kier molecular flexibility index (Phi) is 4.85. The Morgan fingerprint density at radius 2 is 1.93 bits per heavy atom. The van der Waals surface area contributed by atoms with Crippen LogP contribution < -0.4 is 0 Å². The first-order chi connectivity index (χ1) is 13.1. The van der Waals surface area contributed by atoms with Crippen LogP contribution in [-0.2, 0) is 24.1 Å². The Hall–Kier alpha value is -2.81. The molecule has 1 atom stereocenters. The van der Waals surface area contributed by atoms with Crippen LogP contribution in [0.1, 0.15) is 36.6 Å². The Morgan fingerprint density at radius 3 is 2.70 bits per heavy atom. The molecule has 0 aliphatic heterocycles. The molecule has 1 heterocycles. The number of carboxylic acid groups (broad SMARTS) is 1. The number of carbonyl (C=O) groups is 1. The van der Waals surface area contributed by atoms with Gasteiger partial charge in [-0.25, -0.2) is 0 Å². The maximum atomic E-state index is 10.9.